The van der Waals surface area contributed by atoms with Crippen LogP contribution in [-0.4, -0.2) is 26.2 Å². The molecule has 0 aliphatic heterocycles. The van der Waals surface area contributed by atoms with Gasteiger partial charge in [-0.1, -0.05) is 26.8 Å². The van der Waals surface area contributed by atoms with Crippen molar-refractivity contribution < 1.29 is 17.9 Å². The zero-order valence-electron chi connectivity index (χ0n) is 12.3. The third-order valence-electron chi connectivity index (χ3n) is 2.80. The van der Waals surface area contributed by atoms with Crippen LogP contribution in [0.4, 0.5) is 4.39 Å². The fourth-order valence-electron chi connectivity index (χ4n) is 1.93. The number of hydrogen-bond acceptors (Lipinski definition) is 3. The Morgan fingerprint density at radius 1 is 1.35 bits per heavy atom. The van der Waals surface area contributed by atoms with Crippen molar-refractivity contribution >= 4 is 10.0 Å². The fraction of sp³-hybridized carbons (Fsp3) is 0.571. The van der Waals surface area contributed by atoms with E-state index in [0.29, 0.717) is 12.0 Å². The molecule has 1 aromatic carbocycles. The predicted molar refractivity (Wildman–Crippen MR) is 76.4 cm³/mol. The van der Waals surface area contributed by atoms with Gasteiger partial charge >= 0.3 is 0 Å². The Morgan fingerprint density at radius 2 is 1.95 bits per heavy atom. The van der Waals surface area contributed by atoms with Gasteiger partial charge in [-0.25, -0.2) is 17.5 Å². The summed E-state index contributed by atoms with van der Waals surface area (Å²) < 4.78 is 39.7. The lowest BCUT2D eigenvalue weighted by atomic mass is 9.89. The largest absolute Gasteiger partial charge is 0.392 e. The fourth-order valence-corrected chi connectivity index (χ4v) is 3.25. The predicted octanol–water partition coefficient (Wildman–Crippen LogP) is 2.21. The molecule has 0 saturated carbocycles. The van der Waals surface area contributed by atoms with Crippen molar-refractivity contribution in [2.75, 3.05) is 6.54 Å². The Balaban J connectivity index is 2.78. The number of nitrogens with one attached hydrogen (secondary N) is 1. The van der Waals surface area contributed by atoms with Crippen molar-refractivity contribution in [3.8, 4) is 0 Å². The summed E-state index contributed by atoms with van der Waals surface area (Å²) in [4.78, 5) is -0.0968. The van der Waals surface area contributed by atoms with Gasteiger partial charge in [0.05, 0.1) is 11.0 Å². The minimum Gasteiger partial charge on any atom is -0.392 e. The number of sulfonamides is 1. The van der Waals surface area contributed by atoms with Gasteiger partial charge in [0.2, 0.25) is 10.0 Å². The molecule has 0 aliphatic carbocycles. The molecule has 0 fully saturated rings. The van der Waals surface area contributed by atoms with E-state index in [0.717, 1.165) is 6.07 Å². The number of halogens is 1. The van der Waals surface area contributed by atoms with Crippen LogP contribution in [0.25, 0.3) is 0 Å². The van der Waals surface area contributed by atoms with Crippen LogP contribution in [0, 0.1) is 18.2 Å². The van der Waals surface area contributed by atoms with Gasteiger partial charge < -0.3 is 5.11 Å². The molecule has 1 rings (SSSR count). The van der Waals surface area contributed by atoms with E-state index in [1.165, 1.54) is 12.1 Å². The number of hydrogen-bond donors (Lipinski definition) is 2. The second-order valence-corrected chi connectivity index (χ2v) is 7.92. The average molecular weight is 303 g/mol. The molecule has 0 heterocycles. The van der Waals surface area contributed by atoms with E-state index < -0.39 is 21.9 Å². The molecular formula is C14H22FNO3S. The van der Waals surface area contributed by atoms with Crippen LogP contribution in [0.15, 0.2) is 23.1 Å². The second-order valence-electron chi connectivity index (χ2n) is 6.18. The zero-order valence-corrected chi connectivity index (χ0v) is 13.1. The minimum absolute atomic E-state index is 0.0877. The summed E-state index contributed by atoms with van der Waals surface area (Å²) >= 11 is 0. The lowest BCUT2D eigenvalue weighted by molar-refractivity contribution is 0.125. The Bertz CT molecular complexity index is 564. The summed E-state index contributed by atoms with van der Waals surface area (Å²) in [5.41, 5.74) is 0.365. The molecule has 2 N–H and O–H groups in total. The topological polar surface area (TPSA) is 66.4 Å². The van der Waals surface area contributed by atoms with Crippen molar-refractivity contribution in [1.29, 1.82) is 0 Å². The maximum Gasteiger partial charge on any atom is 0.241 e. The van der Waals surface area contributed by atoms with E-state index >= 15 is 0 Å². The Morgan fingerprint density at radius 3 is 2.50 bits per heavy atom. The molecule has 1 aromatic rings. The van der Waals surface area contributed by atoms with E-state index in [1.807, 2.05) is 20.8 Å². The molecular weight excluding hydrogens is 281 g/mol. The maximum atomic E-state index is 13.2. The smallest absolute Gasteiger partial charge is 0.241 e. The number of benzene rings is 1. The number of rotatable bonds is 5. The molecule has 0 radical (unpaired) electrons. The summed E-state index contributed by atoms with van der Waals surface area (Å²) in [7, 11) is -3.81. The first-order chi connectivity index (χ1) is 9.01. The summed E-state index contributed by atoms with van der Waals surface area (Å²) in [5, 5.41) is 9.82. The second kappa shape index (κ2) is 6.20. The van der Waals surface area contributed by atoms with E-state index in [2.05, 4.69) is 4.72 Å². The van der Waals surface area contributed by atoms with Crippen molar-refractivity contribution in [2.24, 2.45) is 5.41 Å². The van der Waals surface area contributed by atoms with Gasteiger partial charge in [0, 0.05) is 6.54 Å². The molecule has 20 heavy (non-hydrogen) atoms. The summed E-state index contributed by atoms with van der Waals surface area (Å²) in [5.74, 6) is -0.605. The first-order valence-electron chi connectivity index (χ1n) is 6.45. The molecule has 6 heteroatoms. The van der Waals surface area contributed by atoms with Gasteiger partial charge in [0.25, 0.3) is 0 Å². The van der Waals surface area contributed by atoms with Crippen LogP contribution in [0.3, 0.4) is 0 Å². The number of aryl methyl sites for hydroxylation is 1. The van der Waals surface area contributed by atoms with Crippen molar-refractivity contribution in [1.82, 2.24) is 4.72 Å². The summed E-state index contributed by atoms with van der Waals surface area (Å²) in [6.07, 6.45) is -0.309. The first-order valence-corrected chi connectivity index (χ1v) is 7.93. The van der Waals surface area contributed by atoms with E-state index in [1.54, 1.807) is 6.92 Å². The molecule has 0 saturated heterocycles. The van der Waals surface area contributed by atoms with Gasteiger partial charge in [-0.05, 0) is 36.5 Å². The molecule has 1 atom stereocenters. The van der Waals surface area contributed by atoms with Gasteiger partial charge in [-0.3, -0.25) is 0 Å². The van der Waals surface area contributed by atoms with Gasteiger partial charge in [0.15, 0.2) is 0 Å². The molecule has 0 amide bonds. The Kier molecular flexibility index (Phi) is 5.29. The summed E-state index contributed by atoms with van der Waals surface area (Å²) in [6.45, 7) is 7.39. The van der Waals surface area contributed by atoms with Gasteiger partial charge in [-0.2, -0.15) is 0 Å². The van der Waals surface area contributed by atoms with Gasteiger partial charge in [-0.15, -0.1) is 0 Å². The van der Waals surface area contributed by atoms with Crippen LogP contribution in [-0.2, 0) is 10.0 Å². The van der Waals surface area contributed by atoms with E-state index in [9.17, 15) is 17.9 Å². The number of aliphatic hydroxyl groups excluding tert-OH is 1. The highest BCUT2D eigenvalue weighted by Gasteiger charge is 2.21. The summed E-state index contributed by atoms with van der Waals surface area (Å²) in [6, 6.07) is 3.60. The first kappa shape index (κ1) is 17.1. The monoisotopic (exact) mass is 303 g/mol. The van der Waals surface area contributed by atoms with Crippen LogP contribution in [0.1, 0.15) is 32.8 Å². The molecule has 1 unspecified atom stereocenters. The van der Waals surface area contributed by atoms with Crippen LogP contribution < -0.4 is 4.72 Å². The van der Waals surface area contributed by atoms with Crippen molar-refractivity contribution in [3.63, 3.8) is 0 Å². The number of aliphatic hydroxyl groups is 1. The van der Waals surface area contributed by atoms with Crippen molar-refractivity contribution in [3.05, 3.63) is 29.6 Å². The molecule has 114 valence electrons. The molecule has 4 nitrogen and oxygen atoms in total. The highest BCUT2D eigenvalue weighted by molar-refractivity contribution is 7.89. The van der Waals surface area contributed by atoms with E-state index in [-0.39, 0.29) is 16.9 Å². The molecule has 0 aliphatic rings. The lowest BCUT2D eigenvalue weighted by Crippen LogP contribution is -2.34. The highest BCUT2D eigenvalue weighted by Crippen LogP contribution is 2.21. The van der Waals surface area contributed by atoms with Crippen molar-refractivity contribution in [2.45, 2.75) is 45.1 Å². The quantitative estimate of drug-likeness (QED) is 0.876. The van der Waals surface area contributed by atoms with Crippen LogP contribution in [0.5, 0.6) is 0 Å². The third-order valence-corrected chi connectivity index (χ3v) is 4.36. The van der Waals surface area contributed by atoms with Crippen LogP contribution in [0.2, 0.25) is 0 Å². The molecule has 0 aromatic heterocycles. The normalized spacial score (nSPS) is 14.3. The standard InChI is InChI=1S/C14H22FNO3S/c1-10-5-6-11(15)7-13(10)20(18,19)16-9-12(17)8-14(2,3)4/h5-7,12,16-17H,8-9H2,1-4H3. The third kappa shape index (κ3) is 5.19. The average Bonchev–Trinajstić information content (AvgIpc) is 2.27. The van der Waals surface area contributed by atoms with Crippen LogP contribution >= 0.6 is 0 Å². The SMILES string of the molecule is Cc1ccc(F)cc1S(=O)(=O)NCC(O)CC(C)(C)C. The molecule has 0 bridgehead atoms. The Labute approximate surface area is 120 Å². The maximum absolute atomic E-state index is 13.2. The highest BCUT2D eigenvalue weighted by atomic mass is 32.2. The zero-order chi connectivity index (χ0) is 15.6. The minimum atomic E-state index is -3.81. The molecule has 0 spiro atoms. The Hall–Kier alpha value is -0.980. The lowest BCUT2D eigenvalue weighted by Gasteiger charge is -2.22. The van der Waals surface area contributed by atoms with Gasteiger partial charge in [0.1, 0.15) is 5.82 Å². The van der Waals surface area contributed by atoms with E-state index in [4.69, 9.17) is 0 Å².